The van der Waals surface area contributed by atoms with E-state index >= 15 is 0 Å². The molecular formula is C18H21N5O2S. The van der Waals surface area contributed by atoms with Gasteiger partial charge in [0, 0.05) is 18.1 Å². The van der Waals surface area contributed by atoms with Crippen LogP contribution in [0.1, 0.15) is 52.4 Å². The summed E-state index contributed by atoms with van der Waals surface area (Å²) in [7, 11) is 1.69. The van der Waals surface area contributed by atoms with Crippen molar-refractivity contribution >= 4 is 27.5 Å². The molecule has 0 saturated heterocycles. The number of carbonyl (C=O) groups excluding carboxylic acids is 1. The predicted molar refractivity (Wildman–Crippen MR) is 101 cm³/mol. The molecule has 0 atom stereocenters. The molecule has 0 aromatic carbocycles. The highest BCUT2D eigenvalue weighted by atomic mass is 32.1. The zero-order chi connectivity index (χ0) is 18.3. The van der Waals surface area contributed by atoms with E-state index in [1.165, 1.54) is 27.1 Å². The molecule has 26 heavy (non-hydrogen) atoms. The highest BCUT2D eigenvalue weighted by molar-refractivity contribution is 7.18. The summed E-state index contributed by atoms with van der Waals surface area (Å²) >= 11 is 1.63. The third kappa shape index (κ3) is 2.84. The average Bonchev–Trinajstić information content (AvgIpc) is 3.15. The first-order chi connectivity index (χ1) is 12.6. The molecule has 0 fully saturated rings. The summed E-state index contributed by atoms with van der Waals surface area (Å²) in [6.07, 6.45) is 8.15. The minimum Gasteiger partial charge on any atom is -0.267 e. The molecule has 7 nitrogen and oxygen atoms in total. The van der Waals surface area contributed by atoms with Crippen molar-refractivity contribution in [1.82, 2.24) is 19.4 Å². The number of hydrogen-bond acceptors (Lipinski definition) is 5. The Kier molecular flexibility index (Phi) is 4.36. The van der Waals surface area contributed by atoms with E-state index < -0.39 is 0 Å². The van der Waals surface area contributed by atoms with Crippen molar-refractivity contribution in [3.05, 3.63) is 44.6 Å². The van der Waals surface area contributed by atoms with E-state index in [-0.39, 0.29) is 11.5 Å². The van der Waals surface area contributed by atoms with Gasteiger partial charge in [-0.2, -0.15) is 5.10 Å². The number of aryl methyl sites for hydroxylation is 4. The molecule has 1 N–H and O–H groups in total. The van der Waals surface area contributed by atoms with Gasteiger partial charge in [0.2, 0.25) is 0 Å². The molecule has 1 aliphatic carbocycles. The maximum absolute atomic E-state index is 13.2. The number of aromatic nitrogens is 4. The van der Waals surface area contributed by atoms with Crippen LogP contribution in [0.5, 0.6) is 0 Å². The number of nitrogens with one attached hydrogen (secondary N) is 1. The van der Waals surface area contributed by atoms with Crippen molar-refractivity contribution in [3.8, 4) is 0 Å². The maximum atomic E-state index is 13.2. The van der Waals surface area contributed by atoms with Crippen LogP contribution >= 0.6 is 11.3 Å². The first kappa shape index (κ1) is 17.0. The lowest BCUT2D eigenvalue weighted by Gasteiger charge is -2.12. The zero-order valence-corrected chi connectivity index (χ0v) is 15.7. The highest BCUT2D eigenvalue weighted by Gasteiger charge is 2.21. The van der Waals surface area contributed by atoms with E-state index in [2.05, 4.69) is 15.5 Å². The molecule has 4 rings (SSSR count). The number of amides is 1. The van der Waals surface area contributed by atoms with Gasteiger partial charge >= 0.3 is 0 Å². The van der Waals surface area contributed by atoms with Crippen molar-refractivity contribution in [2.75, 3.05) is 5.43 Å². The van der Waals surface area contributed by atoms with E-state index in [4.69, 9.17) is 0 Å². The lowest BCUT2D eigenvalue weighted by atomic mass is 9.98. The molecule has 0 bridgehead atoms. The summed E-state index contributed by atoms with van der Waals surface area (Å²) in [6.45, 7) is 1.74. The van der Waals surface area contributed by atoms with Gasteiger partial charge in [-0.1, -0.05) is 12.8 Å². The lowest BCUT2D eigenvalue weighted by Crippen LogP contribution is -2.36. The van der Waals surface area contributed by atoms with Gasteiger partial charge < -0.3 is 0 Å². The summed E-state index contributed by atoms with van der Waals surface area (Å²) in [4.78, 5) is 32.3. The van der Waals surface area contributed by atoms with Crippen LogP contribution in [0.4, 0.5) is 0 Å². The molecule has 3 aromatic rings. The van der Waals surface area contributed by atoms with Crippen LogP contribution in [0, 0.1) is 6.92 Å². The number of hydrogen-bond donors (Lipinski definition) is 1. The lowest BCUT2D eigenvalue weighted by molar-refractivity contribution is 0.0997. The van der Waals surface area contributed by atoms with Gasteiger partial charge in [-0.3, -0.25) is 19.7 Å². The van der Waals surface area contributed by atoms with Crippen molar-refractivity contribution in [3.63, 3.8) is 0 Å². The van der Waals surface area contributed by atoms with Crippen LogP contribution < -0.4 is 11.0 Å². The summed E-state index contributed by atoms with van der Waals surface area (Å²) in [5, 5.41) is 4.67. The Morgan fingerprint density at radius 3 is 2.73 bits per heavy atom. The van der Waals surface area contributed by atoms with Gasteiger partial charge in [-0.25, -0.2) is 9.66 Å². The molecule has 3 aromatic heterocycles. The number of fused-ring (bicyclic) bond motifs is 3. The molecular weight excluding hydrogens is 350 g/mol. The summed E-state index contributed by atoms with van der Waals surface area (Å²) in [6, 6.07) is 1.61. The second-order valence-electron chi connectivity index (χ2n) is 6.68. The fourth-order valence-corrected chi connectivity index (χ4v) is 4.84. The van der Waals surface area contributed by atoms with Gasteiger partial charge in [0.25, 0.3) is 11.5 Å². The van der Waals surface area contributed by atoms with Crippen molar-refractivity contribution < 1.29 is 4.79 Å². The first-order valence-corrected chi connectivity index (χ1v) is 9.71. The highest BCUT2D eigenvalue weighted by Crippen LogP contribution is 2.32. The van der Waals surface area contributed by atoms with Gasteiger partial charge in [0.15, 0.2) is 0 Å². The van der Waals surface area contributed by atoms with Gasteiger partial charge in [0.1, 0.15) is 16.3 Å². The fourth-order valence-electron chi connectivity index (χ4n) is 3.55. The Hall–Kier alpha value is -2.48. The topological polar surface area (TPSA) is 81.8 Å². The zero-order valence-electron chi connectivity index (χ0n) is 14.9. The van der Waals surface area contributed by atoms with Gasteiger partial charge in [-0.15, -0.1) is 11.3 Å². The Bertz CT molecular complexity index is 1050. The normalized spacial score (nSPS) is 14.7. The van der Waals surface area contributed by atoms with E-state index in [0.717, 1.165) is 36.1 Å². The van der Waals surface area contributed by atoms with E-state index in [1.54, 1.807) is 37.6 Å². The molecule has 0 spiro atoms. The van der Waals surface area contributed by atoms with Crippen LogP contribution in [-0.2, 0) is 19.9 Å². The Morgan fingerprint density at radius 2 is 2.00 bits per heavy atom. The minimum atomic E-state index is -0.380. The van der Waals surface area contributed by atoms with Crippen molar-refractivity contribution in [2.45, 2.75) is 45.4 Å². The molecule has 3 heterocycles. The number of thiophene rings is 1. The second-order valence-corrected chi connectivity index (χ2v) is 7.76. The second kappa shape index (κ2) is 6.68. The van der Waals surface area contributed by atoms with Crippen LogP contribution in [0.15, 0.2) is 17.1 Å². The third-order valence-corrected chi connectivity index (χ3v) is 6.11. The summed E-state index contributed by atoms with van der Waals surface area (Å²) < 4.78 is 2.74. The smallest absolute Gasteiger partial charge is 0.267 e. The summed E-state index contributed by atoms with van der Waals surface area (Å²) in [5.74, 6) is 0.0988. The first-order valence-electron chi connectivity index (χ1n) is 8.89. The standard InChI is InChI=1S/C18H21N5O2S/c1-11-20-17-15(12-7-5-3-4-6-8-14(12)26-17)18(25)23(11)21-16(24)13-9-10-19-22(13)2/h9-10H,3-8H2,1-2H3,(H,21,24). The number of nitrogens with zero attached hydrogens (tertiary/aromatic N) is 4. The van der Waals surface area contributed by atoms with E-state index in [9.17, 15) is 9.59 Å². The Labute approximate surface area is 154 Å². The molecule has 136 valence electrons. The van der Waals surface area contributed by atoms with Crippen LogP contribution in [0.3, 0.4) is 0 Å². The van der Waals surface area contributed by atoms with Crippen molar-refractivity contribution in [1.29, 1.82) is 0 Å². The largest absolute Gasteiger partial charge is 0.288 e. The fraction of sp³-hybridized carbons (Fsp3) is 0.444. The van der Waals surface area contributed by atoms with Crippen LogP contribution in [0.25, 0.3) is 10.2 Å². The molecule has 1 aliphatic rings. The predicted octanol–water partition coefficient (Wildman–Crippen LogP) is 2.54. The van der Waals surface area contributed by atoms with Crippen LogP contribution in [-0.4, -0.2) is 25.3 Å². The van der Waals surface area contributed by atoms with E-state index in [0.29, 0.717) is 16.9 Å². The number of rotatable bonds is 2. The van der Waals surface area contributed by atoms with Crippen molar-refractivity contribution in [2.24, 2.45) is 7.05 Å². The van der Waals surface area contributed by atoms with E-state index in [1.807, 2.05) is 0 Å². The molecule has 0 unspecified atom stereocenters. The molecule has 8 heteroatoms. The van der Waals surface area contributed by atoms with Crippen LogP contribution in [0.2, 0.25) is 0 Å². The van der Waals surface area contributed by atoms with Gasteiger partial charge in [-0.05, 0) is 44.2 Å². The third-order valence-electron chi connectivity index (χ3n) is 4.92. The average molecular weight is 371 g/mol. The molecule has 0 saturated carbocycles. The molecule has 0 radical (unpaired) electrons. The summed E-state index contributed by atoms with van der Waals surface area (Å²) in [5.41, 5.74) is 4.01. The van der Waals surface area contributed by atoms with Gasteiger partial charge in [0.05, 0.1) is 5.39 Å². The monoisotopic (exact) mass is 371 g/mol. The molecule has 1 amide bonds. The Morgan fingerprint density at radius 1 is 1.23 bits per heavy atom. The minimum absolute atomic E-state index is 0.193. The Balaban J connectivity index is 1.80. The molecule has 0 aliphatic heterocycles. The maximum Gasteiger partial charge on any atom is 0.288 e. The SMILES string of the molecule is Cc1nc2sc3c(c2c(=O)n1NC(=O)c1ccnn1C)CCCCCC3. The quantitative estimate of drug-likeness (QED) is 0.750. The number of carbonyl (C=O) groups is 1.